The summed E-state index contributed by atoms with van der Waals surface area (Å²) < 4.78 is 10.8. The lowest BCUT2D eigenvalue weighted by Crippen LogP contribution is -2.29. The molecule has 0 aliphatic rings. The smallest absolute Gasteiger partial charge is 0.251 e. The molecule has 7 heteroatoms. The molecule has 1 amide bonds. The van der Waals surface area contributed by atoms with Gasteiger partial charge in [-0.15, -0.1) is 12.4 Å². The van der Waals surface area contributed by atoms with Crippen molar-refractivity contribution >= 4 is 29.9 Å². The van der Waals surface area contributed by atoms with E-state index in [0.29, 0.717) is 41.8 Å². The van der Waals surface area contributed by atoms with Gasteiger partial charge in [0, 0.05) is 18.7 Å². The van der Waals surface area contributed by atoms with Crippen LogP contribution in [0.2, 0.25) is 5.02 Å². The molecule has 21 heavy (non-hydrogen) atoms. The van der Waals surface area contributed by atoms with Crippen LogP contribution in [-0.4, -0.2) is 32.7 Å². The van der Waals surface area contributed by atoms with E-state index in [9.17, 15) is 4.79 Å². The molecule has 120 valence electrons. The van der Waals surface area contributed by atoms with Gasteiger partial charge in [0.15, 0.2) is 11.5 Å². The van der Waals surface area contributed by atoms with E-state index in [2.05, 4.69) is 12.2 Å². The molecule has 0 spiro atoms. The predicted octanol–water partition coefficient (Wildman–Crippen LogP) is 2.64. The number of halogens is 2. The Bertz CT molecular complexity index is 456. The van der Waals surface area contributed by atoms with Crippen LogP contribution in [0.25, 0.3) is 0 Å². The van der Waals surface area contributed by atoms with Crippen molar-refractivity contribution in [2.75, 3.05) is 26.8 Å². The topological polar surface area (TPSA) is 73.6 Å². The Morgan fingerprint density at radius 3 is 2.71 bits per heavy atom. The van der Waals surface area contributed by atoms with E-state index >= 15 is 0 Å². The highest BCUT2D eigenvalue weighted by Crippen LogP contribution is 2.36. The van der Waals surface area contributed by atoms with Crippen molar-refractivity contribution in [1.82, 2.24) is 5.32 Å². The summed E-state index contributed by atoms with van der Waals surface area (Å²) in [7, 11) is 1.51. The predicted molar refractivity (Wildman–Crippen MR) is 87.0 cm³/mol. The minimum absolute atomic E-state index is 0. The van der Waals surface area contributed by atoms with Crippen molar-refractivity contribution in [1.29, 1.82) is 0 Å². The molecule has 0 radical (unpaired) electrons. The fraction of sp³-hybridized carbons (Fsp3) is 0.500. The Hall–Kier alpha value is -1.17. The van der Waals surface area contributed by atoms with E-state index in [0.717, 1.165) is 12.8 Å². The van der Waals surface area contributed by atoms with Crippen molar-refractivity contribution in [3.8, 4) is 11.5 Å². The highest BCUT2D eigenvalue weighted by molar-refractivity contribution is 6.32. The molecule has 1 aromatic rings. The number of hydrogen-bond acceptors (Lipinski definition) is 4. The van der Waals surface area contributed by atoms with Gasteiger partial charge in [0.05, 0.1) is 18.7 Å². The summed E-state index contributed by atoms with van der Waals surface area (Å²) in [5.74, 6) is 0.681. The van der Waals surface area contributed by atoms with Crippen LogP contribution in [-0.2, 0) is 0 Å². The van der Waals surface area contributed by atoms with Crippen LogP contribution >= 0.6 is 24.0 Å². The zero-order valence-corrected chi connectivity index (χ0v) is 13.9. The fourth-order valence-electron chi connectivity index (χ4n) is 1.60. The number of unbranched alkanes of at least 4 members (excludes halogenated alkanes) is 1. The molecular weight excluding hydrogens is 315 g/mol. The fourth-order valence-corrected chi connectivity index (χ4v) is 1.86. The first kappa shape index (κ1) is 19.8. The molecule has 0 atom stereocenters. The third kappa shape index (κ3) is 5.99. The van der Waals surface area contributed by atoms with Crippen molar-refractivity contribution < 1.29 is 14.3 Å². The number of nitrogens with two attached hydrogens (primary N) is 1. The van der Waals surface area contributed by atoms with Crippen LogP contribution in [0.5, 0.6) is 11.5 Å². The van der Waals surface area contributed by atoms with Gasteiger partial charge in [0.2, 0.25) is 0 Å². The molecule has 0 heterocycles. The van der Waals surface area contributed by atoms with Gasteiger partial charge in [-0.3, -0.25) is 4.79 Å². The Kier molecular flexibility index (Phi) is 9.95. The van der Waals surface area contributed by atoms with Crippen molar-refractivity contribution in [2.45, 2.75) is 19.8 Å². The third-order valence-corrected chi connectivity index (χ3v) is 2.95. The van der Waals surface area contributed by atoms with Crippen LogP contribution in [0.1, 0.15) is 30.1 Å². The maximum absolute atomic E-state index is 11.9. The molecule has 0 aromatic heterocycles. The van der Waals surface area contributed by atoms with Gasteiger partial charge in [0.1, 0.15) is 0 Å². The number of amides is 1. The van der Waals surface area contributed by atoms with Crippen molar-refractivity contribution in [2.24, 2.45) is 5.73 Å². The summed E-state index contributed by atoms with van der Waals surface area (Å²) in [4.78, 5) is 11.9. The average Bonchev–Trinajstić information content (AvgIpc) is 2.46. The molecule has 0 unspecified atom stereocenters. The lowest BCUT2D eigenvalue weighted by molar-refractivity contribution is 0.0954. The minimum Gasteiger partial charge on any atom is -0.493 e. The largest absolute Gasteiger partial charge is 0.493 e. The maximum Gasteiger partial charge on any atom is 0.251 e. The monoisotopic (exact) mass is 336 g/mol. The maximum atomic E-state index is 11.9. The van der Waals surface area contributed by atoms with Gasteiger partial charge >= 0.3 is 0 Å². The van der Waals surface area contributed by atoms with Gasteiger partial charge < -0.3 is 20.5 Å². The molecule has 0 saturated carbocycles. The van der Waals surface area contributed by atoms with E-state index in [1.54, 1.807) is 12.1 Å². The van der Waals surface area contributed by atoms with E-state index < -0.39 is 0 Å². The Morgan fingerprint density at radius 1 is 1.43 bits per heavy atom. The van der Waals surface area contributed by atoms with E-state index in [1.807, 2.05) is 0 Å². The Balaban J connectivity index is 0.00000400. The summed E-state index contributed by atoms with van der Waals surface area (Å²) in [5, 5.41) is 3.04. The van der Waals surface area contributed by atoms with E-state index in [-0.39, 0.29) is 18.3 Å². The van der Waals surface area contributed by atoms with Crippen molar-refractivity contribution in [3.05, 3.63) is 22.7 Å². The standard InChI is InChI=1S/C14H21ClN2O3.ClH/c1-3-4-7-20-13-11(15)8-10(9-12(13)19-2)14(18)17-6-5-16;/h8-9H,3-7,16H2,1-2H3,(H,17,18);1H. The molecule has 0 aliphatic heterocycles. The molecular formula is C14H22Cl2N2O3. The lowest BCUT2D eigenvalue weighted by atomic mass is 10.2. The van der Waals surface area contributed by atoms with Crippen LogP contribution in [0.3, 0.4) is 0 Å². The quantitative estimate of drug-likeness (QED) is 0.715. The highest BCUT2D eigenvalue weighted by atomic mass is 35.5. The molecule has 1 rings (SSSR count). The zero-order valence-electron chi connectivity index (χ0n) is 12.3. The summed E-state index contributed by atoms with van der Waals surface area (Å²) in [6.07, 6.45) is 1.96. The van der Waals surface area contributed by atoms with Gasteiger partial charge in [-0.25, -0.2) is 0 Å². The molecule has 1 aromatic carbocycles. The summed E-state index contributed by atoms with van der Waals surface area (Å²) in [6.45, 7) is 3.43. The van der Waals surface area contributed by atoms with Crippen LogP contribution in [0, 0.1) is 0 Å². The number of carbonyl (C=O) groups excluding carboxylic acids is 1. The first-order valence-corrected chi connectivity index (χ1v) is 7.00. The first-order valence-electron chi connectivity index (χ1n) is 6.62. The van der Waals surface area contributed by atoms with Gasteiger partial charge in [0.25, 0.3) is 5.91 Å². The Morgan fingerprint density at radius 2 is 2.14 bits per heavy atom. The first-order chi connectivity index (χ1) is 9.63. The van der Waals surface area contributed by atoms with Crippen LogP contribution < -0.4 is 20.5 Å². The second kappa shape index (κ2) is 10.5. The molecule has 0 aliphatic carbocycles. The second-order valence-electron chi connectivity index (χ2n) is 4.24. The van der Waals surface area contributed by atoms with E-state index in [1.165, 1.54) is 7.11 Å². The third-order valence-electron chi connectivity index (χ3n) is 2.67. The summed E-state index contributed by atoms with van der Waals surface area (Å²) in [6, 6.07) is 3.18. The van der Waals surface area contributed by atoms with Gasteiger partial charge in [-0.2, -0.15) is 0 Å². The van der Waals surface area contributed by atoms with Gasteiger partial charge in [-0.05, 0) is 18.6 Å². The number of benzene rings is 1. The van der Waals surface area contributed by atoms with Crippen molar-refractivity contribution in [3.63, 3.8) is 0 Å². The van der Waals surface area contributed by atoms with Crippen LogP contribution in [0.4, 0.5) is 0 Å². The average molecular weight is 337 g/mol. The van der Waals surface area contributed by atoms with E-state index in [4.69, 9.17) is 26.8 Å². The molecule has 0 bridgehead atoms. The summed E-state index contributed by atoms with van der Waals surface area (Å²) >= 11 is 6.16. The number of rotatable bonds is 8. The SMILES string of the molecule is CCCCOc1c(Cl)cc(C(=O)NCCN)cc1OC.Cl. The lowest BCUT2D eigenvalue weighted by Gasteiger charge is -2.14. The highest BCUT2D eigenvalue weighted by Gasteiger charge is 2.15. The molecule has 0 fully saturated rings. The van der Waals surface area contributed by atoms with Gasteiger partial charge in [-0.1, -0.05) is 24.9 Å². The number of ether oxygens (including phenoxy) is 2. The normalized spacial score (nSPS) is 9.71. The minimum atomic E-state index is -0.240. The molecule has 3 N–H and O–H groups in total. The second-order valence-corrected chi connectivity index (χ2v) is 4.64. The Labute approximate surface area is 136 Å². The number of nitrogens with one attached hydrogen (secondary N) is 1. The number of carbonyl (C=O) groups is 1. The van der Waals surface area contributed by atoms with Crippen LogP contribution in [0.15, 0.2) is 12.1 Å². The zero-order chi connectivity index (χ0) is 15.0. The molecule has 0 saturated heterocycles. The number of methoxy groups -OCH3 is 1. The summed E-state index contributed by atoms with van der Waals surface area (Å²) in [5.41, 5.74) is 5.77. The number of hydrogen-bond donors (Lipinski definition) is 2. The molecule has 5 nitrogen and oxygen atoms in total.